The Morgan fingerprint density at radius 3 is 2.40 bits per heavy atom. The summed E-state index contributed by atoms with van der Waals surface area (Å²) in [6.07, 6.45) is 1.62. The van der Waals surface area contributed by atoms with Crippen LogP contribution in [0.5, 0.6) is 11.5 Å². The van der Waals surface area contributed by atoms with Crippen LogP contribution in [0.1, 0.15) is 16.7 Å². The molecule has 0 atom stereocenters. The van der Waals surface area contributed by atoms with Gasteiger partial charge in [0.2, 0.25) is 0 Å². The molecule has 0 radical (unpaired) electrons. The number of benzene rings is 1. The summed E-state index contributed by atoms with van der Waals surface area (Å²) in [5, 5.41) is 11.2. The van der Waals surface area contributed by atoms with Gasteiger partial charge in [0.15, 0.2) is 0 Å². The van der Waals surface area contributed by atoms with Crippen molar-refractivity contribution in [2.45, 2.75) is 20.8 Å². The maximum atomic E-state index is 10.9. The number of hydrogen-bond acceptors (Lipinski definition) is 4. The van der Waals surface area contributed by atoms with Gasteiger partial charge in [-0.1, -0.05) is 11.6 Å². The molecule has 0 aliphatic rings. The van der Waals surface area contributed by atoms with Crippen LogP contribution in [-0.2, 0) is 0 Å². The zero-order valence-corrected chi connectivity index (χ0v) is 12.1. The van der Waals surface area contributed by atoms with Gasteiger partial charge < -0.3 is 4.74 Å². The van der Waals surface area contributed by atoms with Crippen molar-refractivity contribution in [3.8, 4) is 11.5 Å². The van der Waals surface area contributed by atoms with Crippen LogP contribution in [-0.4, -0.2) is 9.91 Å². The fraction of sp³-hybridized carbons (Fsp3) is 0.214. The van der Waals surface area contributed by atoms with Crippen molar-refractivity contribution in [1.82, 2.24) is 4.98 Å². The van der Waals surface area contributed by atoms with E-state index in [-0.39, 0.29) is 5.69 Å². The van der Waals surface area contributed by atoms with Gasteiger partial charge in [-0.2, -0.15) is 0 Å². The lowest BCUT2D eigenvalue weighted by Gasteiger charge is -2.12. The number of aryl methyl sites for hydroxylation is 3. The average molecular weight is 293 g/mol. The van der Waals surface area contributed by atoms with Crippen LogP contribution in [0.25, 0.3) is 0 Å². The summed E-state index contributed by atoms with van der Waals surface area (Å²) in [6.45, 7) is 5.29. The molecule has 20 heavy (non-hydrogen) atoms. The summed E-state index contributed by atoms with van der Waals surface area (Å²) < 4.78 is 5.79. The number of ether oxygens (including phenoxy) is 1. The minimum Gasteiger partial charge on any atom is -0.457 e. The molecule has 1 aromatic carbocycles. The molecule has 6 heteroatoms. The number of hydrogen-bond donors (Lipinski definition) is 0. The Morgan fingerprint density at radius 2 is 1.75 bits per heavy atom. The summed E-state index contributed by atoms with van der Waals surface area (Å²) in [6, 6.07) is 4.77. The molecule has 0 N–H and O–H groups in total. The van der Waals surface area contributed by atoms with Gasteiger partial charge >= 0.3 is 0 Å². The quantitative estimate of drug-likeness (QED) is 0.479. The van der Waals surface area contributed by atoms with E-state index in [9.17, 15) is 10.1 Å². The Balaban J connectivity index is 2.42. The number of nitrogens with zero attached hydrogens (tertiary/aromatic N) is 2. The van der Waals surface area contributed by atoms with Crippen LogP contribution in [0.15, 0.2) is 24.4 Å². The van der Waals surface area contributed by atoms with Gasteiger partial charge in [-0.25, -0.2) is 4.98 Å². The third kappa shape index (κ3) is 2.88. The van der Waals surface area contributed by atoms with Crippen molar-refractivity contribution in [2.24, 2.45) is 0 Å². The zero-order chi connectivity index (χ0) is 14.9. The van der Waals surface area contributed by atoms with E-state index in [0.717, 1.165) is 5.56 Å². The second-order valence-corrected chi connectivity index (χ2v) is 4.92. The van der Waals surface area contributed by atoms with Gasteiger partial charge in [-0.05, 0) is 32.4 Å². The third-order valence-corrected chi connectivity index (χ3v) is 3.14. The summed E-state index contributed by atoms with van der Waals surface area (Å²) in [4.78, 5) is 14.4. The van der Waals surface area contributed by atoms with E-state index >= 15 is 0 Å². The third-order valence-electron chi connectivity index (χ3n) is 2.93. The molecule has 0 saturated carbocycles. The van der Waals surface area contributed by atoms with Crippen molar-refractivity contribution in [3.63, 3.8) is 0 Å². The van der Waals surface area contributed by atoms with Gasteiger partial charge in [-0.15, -0.1) is 0 Å². The van der Waals surface area contributed by atoms with E-state index in [1.807, 2.05) is 6.92 Å². The van der Waals surface area contributed by atoms with E-state index in [4.69, 9.17) is 16.3 Å². The van der Waals surface area contributed by atoms with Crippen LogP contribution in [0, 0.1) is 30.9 Å². The lowest BCUT2D eigenvalue weighted by molar-refractivity contribution is -0.385. The van der Waals surface area contributed by atoms with Gasteiger partial charge in [0, 0.05) is 29.5 Å². The molecular formula is C14H13ClN2O3. The zero-order valence-electron chi connectivity index (χ0n) is 11.3. The van der Waals surface area contributed by atoms with Crippen molar-refractivity contribution in [3.05, 3.63) is 56.4 Å². The van der Waals surface area contributed by atoms with Crippen LogP contribution >= 0.6 is 11.6 Å². The van der Waals surface area contributed by atoms with Gasteiger partial charge in [0.25, 0.3) is 5.69 Å². The molecule has 5 nitrogen and oxygen atoms in total. The van der Waals surface area contributed by atoms with Crippen LogP contribution in [0.4, 0.5) is 5.69 Å². The Bertz CT molecular complexity index is 686. The van der Waals surface area contributed by atoms with Crippen LogP contribution < -0.4 is 4.74 Å². The fourth-order valence-electron chi connectivity index (χ4n) is 1.79. The van der Waals surface area contributed by atoms with Crippen LogP contribution in [0.2, 0.25) is 5.15 Å². The maximum absolute atomic E-state index is 10.9. The standard InChI is InChI=1S/C14H13ClN2O3/c1-8-5-12(9(2)4-11(8)17(18)19)20-13-6-14(15)16-7-10(13)3/h4-7H,1-3H3. The summed E-state index contributed by atoms with van der Waals surface area (Å²) in [5.41, 5.74) is 2.16. The first-order chi connectivity index (χ1) is 9.38. The van der Waals surface area contributed by atoms with E-state index in [1.54, 1.807) is 32.2 Å². The minimum absolute atomic E-state index is 0.0827. The molecule has 0 aliphatic carbocycles. The molecule has 0 bridgehead atoms. The molecule has 0 spiro atoms. The molecule has 0 unspecified atom stereocenters. The molecule has 2 aromatic rings. The lowest BCUT2D eigenvalue weighted by Crippen LogP contribution is -1.96. The Hall–Kier alpha value is -2.14. The largest absolute Gasteiger partial charge is 0.457 e. The number of halogens is 1. The summed E-state index contributed by atoms with van der Waals surface area (Å²) in [5.74, 6) is 1.15. The molecule has 104 valence electrons. The molecule has 0 amide bonds. The van der Waals surface area contributed by atoms with E-state index < -0.39 is 4.92 Å². The van der Waals surface area contributed by atoms with Crippen molar-refractivity contribution >= 4 is 17.3 Å². The SMILES string of the molecule is Cc1cnc(Cl)cc1Oc1cc(C)c([N+](=O)[O-])cc1C. The summed E-state index contributed by atoms with van der Waals surface area (Å²) >= 11 is 5.84. The second-order valence-electron chi connectivity index (χ2n) is 4.54. The Labute approximate surface area is 121 Å². The minimum atomic E-state index is -0.402. The monoisotopic (exact) mass is 292 g/mol. The van der Waals surface area contributed by atoms with Crippen molar-refractivity contribution in [2.75, 3.05) is 0 Å². The smallest absolute Gasteiger partial charge is 0.272 e. The van der Waals surface area contributed by atoms with Gasteiger partial charge in [0.1, 0.15) is 16.7 Å². The molecule has 2 rings (SSSR count). The molecular weight excluding hydrogens is 280 g/mol. The highest BCUT2D eigenvalue weighted by molar-refractivity contribution is 6.29. The topological polar surface area (TPSA) is 65.3 Å². The molecule has 1 heterocycles. The van der Waals surface area contributed by atoms with Crippen molar-refractivity contribution in [1.29, 1.82) is 0 Å². The highest BCUT2D eigenvalue weighted by Gasteiger charge is 2.15. The first kappa shape index (κ1) is 14.3. The van der Waals surface area contributed by atoms with E-state index in [1.165, 1.54) is 6.07 Å². The predicted molar refractivity (Wildman–Crippen MR) is 76.6 cm³/mol. The highest BCUT2D eigenvalue weighted by atomic mass is 35.5. The molecule has 1 aromatic heterocycles. The lowest BCUT2D eigenvalue weighted by atomic mass is 10.1. The van der Waals surface area contributed by atoms with Gasteiger partial charge in [0.05, 0.1) is 4.92 Å². The molecule has 0 saturated heterocycles. The van der Waals surface area contributed by atoms with Crippen LogP contribution in [0.3, 0.4) is 0 Å². The Kier molecular flexibility index (Phi) is 3.90. The first-order valence-corrected chi connectivity index (χ1v) is 6.32. The van der Waals surface area contributed by atoms with Crippen molar-refractivity contribution < 1.29 is 9.66 Å². The summed E-state index contributed by atoms with van der Waals surface area (Å²) in [7, 11) is 0. The number of rotatable bonds is 3. The highest BCUT2D eigenvalue weighted by Crippen LogP contribution is 2.32. The number of nitro benzene ring substituents is 1. The molecule has 0 aliphatic heterocycles. The number of nitro groups is 1. The maximum Gasteiger partial charge on any atom is 0.272 e. The second kappa shape index (κ2) is 5.46. The Morgan fingerprint density at radius 1 is 1.10 bits per heavy atom. The van der Waals surface area contributed by atoms with E-state index in [2.05, 4.69) is 4.98 Å². The van der Waals surface area contributed by atoms with E-state index in [0.29, 0.717) is 27.8 Å². The molecule has 0 fully saturated rings. The first-order valence-electron chi connectivity index (χ1n) is 5.94. The van der Waals surface area contributed by atoms with Gasteiger partial charge in [-0.3, -0.25) is 10.1 Å². The number of aromatic nitrogens is 1. The fourth-order valence-corrected chi connectivity index (χ4v) is 1.94. The number of pyridine rings is 1. The predicted octanol–water partition coefficient (Wildman–Crippen LogP) is 4.36. The average Bonchev–Trinajstić information content (AvgIpc) is 2.37. The normalized spacial score (nSPS) is 10.4.